The molecule has 2 N–H and O–H groups in total. The highest BCUT2D eigenvalue weighted by Crippen LogP contribution is 2.27. The second kappa shape index (κ2) is 11.8. The van der Waals surface area contributed by atoms with Crippen molar-refractivity contribution in [2.75, 3.05) is 37.0 Å². The summed E-state index contributed by atoms with van der Waals surface area (Å²) in [6, 6.07) is 27.9. The van der Waals surface area contributed by atoms with E-state index in [0.717, 1.165) is 54.6 Å². The molecule has 4 aromatic rings. The summed E-state index contributed by atoms with van der Waals surface area (Å²) in [5, 5.41) is 9.43. The molecule has 1 amide bonds. The summed E-state index contributed by atoms with van der Waals surface area (Å²) in [6.45, 7) is 7.32. The maximum atomic E-state index is 12.6. The molecule has 9 heteroatoms. The molecule has 0 bridgehead atoms. The number of ether oxygens (including phenoxy) is 1. The number of nitrogens with zero attached hydrogens (tertiary/aromatic N) is 4. The van der Waals surface area contributed by atoms with Crippen LogP contribution >= 0.6 is 11.8 Å². The van der Waals surface area contributed by atoms with Crippen LogP contribution in [0.1, 0.15) is 5.56 Å². The lowest BCUT2D eigenvalue weighted by Gasteiger charge is -2.29. The Labute approximate surface area is 220 Å². The average Bonchev–Trinajstić information content (AvgIpc) is 3.40. The predicted molar refractivity (Wildman–Crippen MR) is 147 cm³/mol. The van der Waals surface area contributed by atoms with Crippen LogP contribution in [0.25, 0.3) is 22.8 Å². The molecule has 8 nitrogen and oxygen atoms in total. The van der Waals surface area contributed by atoms with E-state index in [2.05, 4.69) is 44.7 Å². The van der Waals surface area contributed by atoms with Gasteiger partial charge in [-0.15, -0.1) is 10.2 Å². The van der Waals surface area contributed by atoms with Crippen molar-refractivity contribution in [2.24, 2.45) is 0 Å². The summed E-state index contributed by atoms with van der Waals surface area (Å²) >= 11 is 1.32. The van der Waals surface area contributed by atoms with Crippen LogP contribution in [0, 0.1) is 0 Å². The number of carbonyl (C=O) groups is 1. The number of benzene rings is 3. The molecule has 3 aromatic carbocycles. The van der Waals surface area contributed by atoms with Crippen molar-refractivity contribution in [1.82, 2.24) is 25.6 Å². The first-order valence-corrected chi connectivity index (χ1v) is 13.0. The fourth-order valence-electron chi connectivity index (χ4n) is 4.03. The van der Waals surface area contributed by atoms with Gasteiger partial charge in [0.05, 0.1) is 24.7 Å². The molecular formula is C28H28N6O2S. The maximum Gasteiger partial charge on any atom is 0.248 e. The van der Waals surface area contributed by atoms with E-state index in [-0.39, 0.29) is 11.7 Å². The summed E-state index contributed by atoms with van der Waals surface area (Å²) in [7, 11) is 0. The molecule has 0 atom stereocenters. The molecule has 0 aliphatic carbocycles. The van der Waals surface area contributed by atoms with Crippen LogP contribution in [0.15, 0.2) is 96.7 Å². The third-order valence-corrected chi connectivity index (χ3v) is 6.89. The number of amides is 1. The number of para-hydroxylation sites is 1. The molecule has 0 unspecified atom stereocenters. The smallest absolute Gasteiger partial charge is 0.248 e. The Morgan fingerprint density at radius 1 is 0.865 bits per heavy atom. The number of hydrogen-bond acceptors (Lipinski definition) is 7. The third kappa shape index (κ3) is 6.02. The molecule has 188 valence electrons. The summed E-state index contributed by atoms with van der Waals surface area (Å²) in [4.78, 5) is 14.9. The zero-order valence-electron chi connectivity index (χ0n) is 20.3. The first-order chi connectivity index (χ1) is 18.2. The number of aromatic nitrogens is 3. The van der Waals surface area contributed by atoms with Gasteiger partial charge >= 0.3 is 0 Å². The van der Waals surface area contributed by atoms with Crippen molar-refractivity contribution in [2.45, 2.75) is 5.16 Å². The Bertz CT molecular complexity index is 1340. The Hall–Kier alpha value is -4.08. The molecule has 1 aromatic heterocycles. The molecule has 1 aliphatic rings. The molecule has 2 heterocycles. The zero-order valence-corrected chi connectivity index (χ0v) is 21.2. The van der Waals surface area contributed by atoms with E-state index in [4.69, 9.17) is 4.74 Å². The summed E-state index contributed by atoms with van der Waals surface area (Å²) in [5.74, 6) is 0.692. The van der Waals surface area contributed by atoms with Crippen LogP contribution in [0.3, 0.4) is 0 Å². The third-order valence-electron chi connectivity index (χ3n) is 5.96. The minimum absolute atomic E-state index is 0.163. The summed E-state index contributed by atoms with van der Waals surface area (Å²) in [6.07, 6.45) is 0. The Morgan fingerprint density at radius 2 is 1.54 bits per heavy atom. The van der Waals surface area contributed by atoms with Gasteiger partial charge in [0.25, 0.3) is 0 Å². The topological polar surface area (TPSA) is 84.3 Å². The Morgan fingerprint density at radius 3 is 2.24 bits per heavy atom. The minimum atomic E-state index is -0.194. The number of hydrazine groups is 1. The number of thioether (sulfide) groups is 1. The van der Waals surface area contributed by atoms with Crippen LogP contribution in [0.5, 0.6) is 0 Å². The minimum Gasteiger partial charge on any atom is -0.378 e. The van der Waals surface area contributed by atoms with Gasteiger partial charge in [0.2, 0.25) is 5.91 Å². The maximum absolute atomic E-state index is 12.6. The van der Waals surface area contributed by atoms with Crippen LogP contribution < -0.4 is 15.8 Å². The number of carbonyl (C=O) groups excluding carboxylic acids is 1. The van der Waals surface area contributed by atoms with Gasteiger partial charge in [-0.25, -0.2) is 0 Å². The van der Waals surface area contributed by atoms with Crippen molar-refractivity contribution in [3.63, 3.8) is 0 Å². The van der Waals surface area contributed by atoms with Gasteiger partial charge in [0.15, 0.2) is 11.0 Å². The molecule has 1 aliphatic heterocycles. The van der Waals surface area contributed by atoms with Crippen molar-refractivity contribution in [3.8, 4) is 17.1 Å². The molecule has 1 saturated heterocycles. The largest absolute Gasteiger partial charge is 0.378 e. The molecule has 0 spiro atoms. The van der Waals surface area contributed by atoms with Gasteiger partial charge in [-0.05, 0) is 29.8 Å². The van der Waals surface area contributed by atoms with Crippen molar-refractivity contribution in [1.29, 1.82) is 0 Å². The van der Waals surface area contributed by atoms with E-state index in [9.17, 15) is 4.79 Å². The number of hydrogen-bond donors (Lipinski definition) is 2. The molecular weight excluding hydrogens is 484 g/mol. The SMILES string of the molecule is C=C(NNC(=O)CSc1nnc(-c2ccccc2)n1-c1ccccc1)c1ccc(N2CCOCC2)cc1. The normalized spacial score (nSPS) is 13.2. The second-order valence-electron chi connectivity index (χ2n) is 8.43. The fraction of sp³-hybridized carbons (Fsp3) is 0.179. The quantitative estimate of drug-likeness (QED) is 0.257. The number of anilines is 1. The van der Waals surface area contributed by atoms with E-state index in [1.165, 1.54) is 11.8 Å². The van der Waals surface area contributed by atoms with Crippen LogP contribution in [0.4, 0.5) is 5.69 Å². The van der Waals surface area contributed by atoms with Crippen molar-refractivity contribution >= 4 is 29.1 Å². The van der Waals surface area contributed by atoms with E-state index in [0.29, 0.717) is 10.9 Å². The van der Waals surface area contributed by atoms with Gasteiger partial charge in [-0.2, -0.15) is 0 Å². The predicted octanol–water partition coefficient (Wildman–Crippen LogP) is 4.15. The van der Waals surface area contributed by atoms with Crippen molar-refractivity contribution < 1.29 is 9.53 Å². The lowest BCUT2D eigenvalue weighted by Crippen LogP contribution is -2.37. The highest BCUT2D eigenvalue weighted by atomic mass is 32.2. The molecule has 37 heavy (non-hydrogen) atoms. The van der Waals surface area contributed by atoms with E-state index < -0.39 is 0 Å². The fourth-order valence-corrected chi connectivity index (χ4v) is 4.78. The van der Waals surface area contributed by atoms with Gasteiger partial charge in [-0.1, -0.05) is 79.0 Å². The first kappa shape index (κ1) is 24.6. The Balaban J connectivity index is 1.20. The second-order valence-corrected chi connectivity index (χ2v) is 9.37. The van der Waals surface area contributed by atoms with Crippen LogP contribution in [-0.4, -0.2) is 52.7 Å². The summed E-state index contributed by atoms with van der Waals surface area (Å²) in [5.41, 5.74) is 10.2. The molecule has 5 rings (SSSR count). The van der Waals surface area contributed by atoms with Gasteiger partial charge in [0, 0.05) is 30.0 Å². The monoisotopic (exact) mass is 512 g/mol. The average molecular weight is 513 g/mol. The highest BCUT2D eigenvalue weighted by Gasteiger charge is 2.17. The van der Waals surface area contributed by atoms with E-state index in [1.807, 2.05) is 77.4 Å². The highest BCUT2D eigenvalue weighted by molar-refractivity contribution is 7.99. The van der Waals surface area contributed by atoms with E-state index in [1.54, 1.807) is 0 Å². The Kier molecular flexibility index (Phi) is 7.83. The van der Waals surface area contributed by atoms with Crippen molar-refractivity contribution in [3.05, 3.63) is 97.1 Å². The standard InChI is InChI=1S/C28H28N6O2S/c1-21(22-12-14-24(15-13-22)33-16-18-36-19-17-33)29-30-26(35)20-37-28-32-31-27(23-8-4-2-5-9-23)34(28)25-10-6-3-7-11-25/h2-15,29H,1,16-20H2,(H,30,35). The van der Waals surface area contributed by atoms with E-state index >= 15 is 0 Å². The number of nitrogens with one attached hydrogen (secondary N) is 2. The lowest BCUT2D eigenvalue weighted by molar-refractivity contribution is -0.119. The van der Waals surface area contributed by atoms with Gasteiger partial charge in [0.1, 0.15) is 0 Å². The molecule has 1 fully saturated rings. The number of rotatable bonds is 9. The van der Waals surface area contributed by atoms with Gasteiger partial charge in [-0.3, -0.25) is 20.2 Å². The zero-order chi connectivity index (χ0) is 25.5. The van der Waals surface area contributed by atoms with Crippen LogP contribution in [0.2, 0.25) is 0 Å². The lowest BCUT2D eigenvalue weighted by atomic mass is 10.1. The molecule has 0 radical (unpaired) electrons. The summed E-state index contributed by atoms with van der Waals surface area (Å²) < 4.78 is 7.39. The van der Waals surface area contributed by atoms with Crippen LogP contribution in [-0.2, 0) is 9.53 Å². The number of morpholine rings is 1. The first-order valence-electron chi connectivity index (χ1n) is 12.0. The molecule has 0 saturated carbocycles. The van der Waals surface area contributed by atoms with Gasteiger partial charge < -0.3 is 9.64 Å².